The van der Waals surface area contributed by atoms with Crippen LogP contribution in [0.15, 0.2) is 10.9 Å². The summed E-state index contributed by atoms with van der Waals surface area (Å²) in [5.74, 6) is -0.233. The lowest BCUT2D eigenvalue weighted by Crippen LogP contribution is -2.09. The molecule has 0 fully saturated rings. The average Bonchev–Trinajstić information content (AvgIpc) is 2.46. The molecule has 0 saturated heterocycles. The van der Waals surface area contributed by atoms with Crippen LogP contribution in [-0.4, -0.2) is 15.0 Å². The lowest BCUT2D eigenvalue weighted by atomic mass is 10.3. The number of rotatable bonds is 0. The van der Waals surface area contributed by atoms with E-state index in [4.69, 9.17) is 5.73 Å². The van der Waals surface area contributed by atoms with Crippen LogP contribution in [-0.2, 0) is 6.18 Å². The van der Waals surface area contributed by atoms with Crippen LogP contribution in [0.25, 0.3) is 11.0 Å². The van der Waals surface area contributed by atoms with E-state index in [0.29, 0.717) is 6.07 Å². The van der Waals surface area contributed by atoms with E-state index in [2.05, 4.69) is 9.97 Å². The van der Waals surface area contributed by atoms with Gasteiger partial charge in [0.25, 0.3) is 5.56 Å². The molecule has 0 aromatic carbocycles. The first-order chi connectivity index (χ1) is 6.88. The van der Waals surface area contributed by atoms with E-state index < -0.39 is 17.4 Å². The number of hydrogen-bond acceptors (Lipinski definition) is 3. The Hall–Kier alpha value is -1.99. The quantitative estimate of drug-likeness (QED) is 0.612. The molecule has 2 heterocycles. The van der Waals surface area contributed by atoms with Gasteiger partial charge in [0.2, 0.25) is 5.95 Å². The number of aromatic amines is 2. The second-order valence-electron chi connectivity index (χ2n) is 2.89. The van der Waals surface area contributed by atoms with Gasteiger partial charge in [0.1, 0.15) is 11.3 Å². The molecular formula is C7H5F3N4O. The molecule has 2 aromatic rings. The summed E-state index contributed by atoms with van der Waals surface area (Å²) < 4.78 is 36.8. The summed E-state index contributed by atoms with van der Waals surface area (Å²) in [5, 5.41) is -0.170. The Bertz CT molecular complexity index is 568. The van der Waals surface area contributed by atoms with E-state index in [1.54, 1.807) is 0 Å². The molecule has 15 heavy (non-hydrogen) atoms. The summed E-state index contributed by atoms with van der Waals surface area (Å²) in [6.45, 7) is 0. The minimum atomic E-state index is -4.54. The number of nitrogens with two attached hydrogens (primary N) is 1. The molecule has 0 aliphatic heterocycles. The van der Waals surface area contributed by atoms with Gasteiger partial charge in [-0.1, -0.05) is 0 Å². The van der Waals surface area contributed by atoms with E-state index >= 15 is 0 Å². The van der Waals surface area contributed by atoms with Crippen LogP contribution in [0, 0.1) is 0 Å². The zero-order valence-electron chi connectivity index (χ0n) is 7.14. The van der Waals surface area contributed by atoms with Crippen LogP contribution < -0.4 is 11.3 Å². The number of H-pyrrole nitrogens is 2. The first-order valence-electron chi connectivity index (χ1n) is 3.83. The number of alkyl halides is 3. The Balaban J connectivity index is 2.77. The van der Waals surface area contributed by atoms with E-state index in [1.807, 2.05) is 4.98 Å². The molecule has 0 amide bonds. The van der Waals surface area contributed by atoms with Crippen molar-refractivity contribution in [3.8, 4) is 0 Å². The van der Waals surface area contributed by atoms with Crippen LogP contribution in [0.1, 0.15) is 5.69 Å². The van der Waals surface area contributed by atoms with Gasteiger partial charge in [-0.2, -0.15) is 18.2 Å². The van der Waals surface area contributed by atoms with Crippen LogP contribution in [0.5, 0.6) is 0 Å². The summed E-state index contributed by atoms with van der Waals surface area (Å²) in [4.78, 5) is 18.8. The highest BCUT2D eigenvalue weighted by atomic mass is 19.4. The smallest absolute Gasteiger partial charge is 0.369 e. The van der Waals surface area contributed by atoms with Crippen molar-refractivity contribution in [3.63, 3.8) is 0 Å². The van der Waals surface area contributed by atoms with Crippen molar-refractivity contribution >= 4 is 17.0 Å². The van der Waals surface area contributed by atoms with Crippen molar-refractivity contribution in [1.82, 2.24) is 15.0 Å². The highest BCUT2D eigenvalue weighted by molar-refractivity contribution is 5.76. The first kappa shape index (κ1) is 9.56. The number of nitrogen functional groups attached to an aromatic ring is 1. The molecule has 4 N–H and O–H groups in total. The maximum absolute atomic E-state index is 12.3. The van der Waals surface area contributed by atoms with Crippen molar-refractivity contribution in [2.75, 3.05) is 5.73 Å². The van der Waals surface area contributed by atoms with E-state index in [0.717, 1.165) is 0 Å². The largest absolute Gasteiger partial charge is 0.431 e. The molecule has 5 nitrogen and oxygen atoms in total. The zero-order chi connectivity index (χ0) is 11.2. The SMILES string of the molecule is Nc1nc2[nH]c(C(F)(F)F)cc2c(=O)[nH]1. The molecule has 0 radical (unpaired) electrons. The number of nitrogens with one attached hydrogen (secondary N) is 2. The topological polar surface area (TPSA) is 87.6 Å². The lowest BCUT2D eigenvalue weighted by molar-refractivity contribution is -0.140. The van der Waals surface area contributed by atoms with Crippen molar-refractivity contribution < 1.29 is 13.2 Å². The number of hydrogen-bond donors (Lipinski definition) is 3. The maximum Gasteiger partial charge on any atom is 0.431 e. The summed E-state index contributed by atoms with van der Waals surface area (Å²) in [6.07, 6.45) is -4.54. The first-order valence-corrected chi connectivity index (χ1v) is 3.83. The number of fused-ring (bicyclic) bond motifs is 1. The van der Waals surface area contributed by atoms with Gasteiger partial charge in [-0.15, -0.1) is 0 Å². The fraction of sp³-hybridized carbons (Fsp3) is 0.143. The molecule has 0 bridgehead atoms. The van der Waals surface area contributed by atoms with Gasteiger partial charge in [0, 0.05) is 0 Å². The summed E-state index contributed by atoms with van der Waals surface area (Å²) >= 11 is 0. The van der Waals surface area contributed by atoms with Gasteiger partial charge >= 0.3 is 6.18 Å². The van der Waals surface area contributed by atoms with Crippen LogP contribution in [0.4, 0.5) is 19.1 Å². The highest BCUT2D eigenvalue weighted by Crippen LogP contribution is 2.29. The Labute approximate surface area is 80.1 Å². The van der Waals surface area contributed by atoms with Gasteiger partial charge in [-0.05, 0) is 6.07 Å². The number of nitrogens with zero attached hydrogens (tertiary/aromatic N) is 1. The van der Waals surface area contributed by atoms with Crippen molar-refractivity contribution in [2.45, 2.75) is 6.18 Å². The fourth-order valence-electron chi connectivity index (χ4n) is 1.19. The number of halogens is 3. The Morgan fingerprint density at radius 2 is 2.00 bits per heavy atom. The van der Waals surface area contributed by atoms with Crippen molar-refractivity contribution in [1.29, 1.82) is 0 Å². The monoisotopic (exact) mass is 218 g/mol. The Morgan fingerprint density at radius 3 is 2.60 bits per heavy atom. The maximum atomic E-state index is 12.3. The minimum Gasteiger partial charge on any atom is -0.369 e. The second kappa shape index (κ2) is 2.75. The predicted octanol–water partition coefficient (Wildman–Crippen LogP) is 0.852. The molecule has 8 heteroatoms. The second-order valence-corrected chi connectivity index (χ2v) is 2.89. The molecule has 2 aromatic heterocycles. The summed E-state index contributed by atoms with van der Waals surface area (Å²) in [5.41, 5.74) is 3.27. The molecule has 0 spiro atoms. The Kier molecular flexibility index (Phi) is 1.75. The molecule has 0 unspecified atom stereocenters. The minimum absolute atomic E-state index is 0.170. The highest BCUT2D eigenvalue weighted by Gasteiger charge is 2.33. The molecule has 80 valence electrons. The molecule has 0 saturated carbocycles. The third-order valence-corrected chi connectivity index (χ3v) is 1.82. The van der Waals surface area contributed by atoms with E-state index in [9.17, 15) is 18.0 Å². The molecule has 0 atom stereocenters. The van der Waals surface area contributed by atoms with Crippen LogP contribution >= 0.6 is 0 Å². The zero-order valence-corrected chi connectivity index (χ0v) is 7.14. The fourth-order valence-corrected chi connectivity index (χ4v) is 1.19. The molecular weight excluding hydrogens is 213 g/mol. The number of anilines is 1. The summed E-state index contributed by atoms with van der Waals surface area (Å²) in [6, 6.07) is 0.695. The summed E-state index contributed by atoms with van der Waals surface area (Å²) in [7, 11) is 0. The van der Waals surface area contributed by atoms with Gasteiger partial charge in [0.05, 0.1) is 5.39 Å². The van der Waals surface area contributed by atoms with Gasteiger partial charge in [-0.25, -0.2) is 0 Å². The molecule has 0 aliphatic carbocycles. The van der Waals surface area contributed by atoms with E-state index in [1.165, 1.54) is 0 Å². The molecule has 0 aliphatic rings. The Morgan fingerprint density at radius 1 is 1.33 bits per heavy atom. The standard InChI is InChI=1S/C7H5F3N4O/c8-7(9,10)3-1-2-4(12-3)13-6(11)14-5(2)15/h1H,(H4,11,12,13,14,15). The van der Waals surface area contributed by atoms with Gasteiger partial charge < -0.3 is 10.7 Å². The normalized spacial score (nSPS) is 12.2. The van der Waals surface area contributed by atoms with Crippen LogP contribution in [0.2, 0.25) is 0 Å². The van der Waals surface area contributed by atoms with Crippen molar-refractivity contribution in [3.05, 3.63) is 22.1 Å². The van der Waals surface area contributed by atoms with Gasteiger partial charge in [0.15, 0.2) is 0 Å². The molecule has 2 rings (SSSR count). The predicted molar refractivity (Wildman–Crippen MR) is 46.1 cm³/mol. The van der Waals surface area contributed by atoms with E-state index in [-0.39, 0.29) is 17.0 Å². The lowest BCUT2D eigenvalue weighted by Gasteiger charge is -2.00. The average molecular weight is 218 g/mol. The number of aromatic nitrogens is 3. The van der Waals surface area contributed by atoms with Crippen molar-refractivity contribution in [2.24, 2.45) is 0 Å². The van der Waals surface area contributed by atoms with Gasteiger partial charge in [-0.3, -0.25) is 9.78 Å². The van der Waals surface area contributed by atoms with Crippen LogP contribution in [0.3, 0.4) is 0 Å². The third-order valence-electron chi connectivity index (χ3n) is 1.82. The third kappa shape index (κ3) is 1.53.